The number of hydrogen-bond donors (Lipinski definition) is 5. The molecule has 12 nitrogen and oxygen atoms in total. The van der Waals surface area contributed by atoms with Gasteiger partial charge in [0.25, 0.3) is 0 Å². The van der Waals surface area contributed by atoms with Gasteiger partial charge in [-0.2, -0.15) is 0 Å². The van der Waals surface area contributed by atoms with Gasteiger partial charge in [0.1, 0.15) is 5.75 Å². The smallest absolute Gasteiger partial charge is 0.235 e. The highest BCUT2D eigenvalue weighted by molar-refractivity contribution is 7.97. The quantitative estimate of drug-likeness (QED) is 0.168. The molecule has 43 heavy (non-hydrogen) atoms. The number of nitrogens with zero attached hydrogens (tertiary/aromatic N) is 1. The summed E-state index contributed by atoms with van der Waals surface area (Å²) in [5.74, 6) is -9.72. The van der Waals surface area contributed by atoms with Gasteiger partial charge in [0.2, 0.25) is 11.8 Å². The van der Waals surface area contributed by atoms with E-state index in [-0.39, 0.29) is 48.4 Å². The second-order valence-corrected chi connectivity index (χ2v) is 13.8. The second kappa shape index (κ2) is 10.8. The van der Waals surface area contributed by atoms with Crippen molar-refractivity contribution in [2.75, 3.05) is 25.2 Å². The van der Waals surface area contributed by atoms with Gasteiger partial charge in [-0.05, 0) is 75.6 Å². The van der Waals surface area contributed by atoms with E-state index in [2.05, 4.69) is 10.0 Å². The molecule has 8 atom stereocenters. The van der Waals surface area contributed by atoms with E-state index < -0.39 is 70.1 Å². The van der Waals surface area contributed by atoms with Gasteiger partial charge in [-0.3, -0.25) is 38.4 Å². The van der Waals surface area contributed by atoms with Crippen molar-refractivity contribution in [2.24, 2.45) is 41.2 Å². The molecular formula is C30H36N4O8S. The van der Waals surface area contributed by atoms with Crippen LogP contribution in [-0.4, -0.2) is 87.6 Å². The number of phenolic OH excluding ortho intramolecular Hbond substituents is 1. The van der Waals surface area contributed by atoms with Crippen molar-refractivity contribution in [3.63, 3.8) is 0 Å². The SMILES string of the molecule is CN(C)[C@@H]1C(=O)C(C(N)=O)C(=O)[C@@]2(O)C(=O)C3C(=O)c4c(ccc(NC(=O)CC5CCSNC5C5CC5)c4O)CC3CC12. The van der Waals surface area contributed by atoms with E-state index in [0.29, 0.717) is 11.5 Å². The molecule has 3 saturated carbocycles. The largest absolute Gasteiger partial charge is 0.505 e. The topological polar surface area (TPSA) is 196 Å². The Hall–Kier alpha value is -3.13. The summed E-state index contributed by atoms with van der Waals surface area (Å²) in [6, 6.07) is 2.26. The third kappa shape index (κ3) is 4.71. The summed E-state index contributed by atoms with van der Waals surface area (Å²) in [5.41, 5.74) is 2.95. The second-order valence-electron chi connectivity index (χ2n) is 12.9. The van der Waals surface area contributed by atoms with Crippen LogP contribution in [0.2, 0.25) is 0 Å². The lowest BCUT2D eigenvalue weighted by molar-refractivity contribution is -0.181. The molecule has 13 heteroatoms. The van der Waals surface area contributed by atoms with Crippen LogP contribution >= 0.6 is 11.9 Å². The van der Waals surface area contributed by atoms with Crippen LogP contribution in [0, 0.1) is 35.5 Å². The number of aromatic hydroxyl groups is 1. The molecule has 1 aliphatic heterocycles. The van der Waals surface area contributed by atoms with Gasteiger partial charge in [0, 0.05) is 24.1 Å². The first kappa shape index (κ1) is 29.9. The van der Waals surface area contributed by atoms with Crippen LogP contribution < -0.4 is 15.8 Å². The van der Waals surface area contributed by atoms with Gasteiger partial charge in [-0.25, -0.2) is 0 Å². The van der Waals surface area contributed by atoms with Crippen LogP contribution in [0.25, 0.3) is 0 Å². The summed E-state index contributed by atoms with van der Waals surface area (Å²) >= 11 is 1.68. The standard InChI is InChI=1S/C30H36N4O8S/c1-34(2)23-16-10-15-9-13-5-6-17(32-18(35)11-14-7-8-43-33-22(14)12-3-4-12)24(36)19(13)25(37)20(15)27(39)30(16,42)28(40)21(26(23)38)29(31)41/h5-6,12,14-16,20-23,33,36,42H,3-4,7-11H2,1-2H3,(H2,31,41)(H,32,35)/t14?,15?,16?,20?,21?,22?,23-,30-/m0/s1. The molecule has 5 aliphatic rings. The first-order valence-electron chi connectivity index (χ1n) is 14.7. The van der Waals surface area contributed by atoms with Crippen molar-refractivity contribution >= 4 is 52.6 Å². The van der Waals surface area contributed by atoms with Crippen LogP contribution in [0.5, 0.6) is 5.75 Å². The summed E-state index contributed by atoms with van der Waals surface area (Å²) in [4.78, 5) is 81.0. The Labute approximate surface area is 252 Å². The zero-order valence-electron chi connectivity index (χ0n) is 24.0. The van der Waals surface area contributed by atoms with Crippen molar-refractivity contribution in [1.82, 2.24) is 9.62 Å². The number of aliphatic hydroxyl groups is 1. The number of nitrogens with one attached hydrogen (secondary N) is 2. The Kier molecular flexibility index (Phi) is 7.51. The average Bonchev–Trinajstić information content (AvgIpc) is 3.78. The van der Waals surface area contributed by atoms with E-state index >= 15 is 0 Å². The number of fused-ring (bicyclic) bond motifs is 3. The van der Waals surface area contributed by atoms with Crippen molar-refractivity contribution in [1.29, 1.82) is 0 Å². The Bertz CT molecular complexity index is 1440. The highest BCUT2D eigenvalue weighted by atomic mass is 32.2. The molecule has 1 aromatic rings. The number of likely N-dealkylation sites (N-methyl/N-ethyl adjacent to an activating group) is 1. The minimum atomic E-state index is -2.78. The number of hydrogen-bond acceptors (Lipinski definition) is 11. The third-order valence-corrected chi connectivity index (χ3v) is 11.0. The normalized spacial score (nSPS) is 35.7. The molecule has 6 rings (SSSR count). The van der Waals surface area contributed by atoms with E-state index in [0.717, 1.165) is 25.0 Å². The van der Waals surface area contributed by atoms with Crippen LogP contribution in [0.3, 0.4) is 0 Å². The van der Waals surface area contributed by atoms with Gasteiger partial charge in [0.05, 0.1) is 23.2 Å². The van der Waals surface area contributed by atoms with Crippen molar-refractivity contribution in [2.45, 2.75) is 56.2 Å². The number of ketones is 4. The van der Waals surface area contributed by atoms with Crippen molar-refractivity contribution < 1.29 is 39.0 Å². The van der Waals surface area contributed by atoms with Gasteiger partial charge in [-0.15, -0.1) is 0 Å². The Morgan fingerprint density at radius 1 is 1.12 bits per heavy atom. The number of carbonyl (C=O) groups excluding carboxylic acids is 6. The fourth-order valence-electron chi connectivity index (χ4n) is 7.93. The van der Waals surface area contributed by atoms with Crippen LogP contribution in [-0.2, 0) is 30.4 Å². The maximum absolute atomic E-state index is 13.9. The Morgan fingerprint density at radius 3 is 2.49 bits per heavy atom. The molecule has 6 N–H and O–H groups in total. The predicted octanol–water partition coefficient (Wildman–Crippen LogP) is 0.232. The molecule has 230 valence electrons. The average molecular weight is 613 g/mol. The molecule has 1 aromatic carbocycles. The molecule has 0 bridgehead atoms. The first-order chi connectivity index (χ1) is 20.4. The first-order valence-corrected chi connectivity index (χ1v) is 15.7. The lowest BCUT2D eigenvalue weighted by Gasteiger charge is -2.52. The zero-order valence-corrected chi connectivity index (χ0v) is 24.8. The number of rotatable bonds is 6. The lowest BCUT2D eigenvalue weighted by Crippen LogP contribution is -2.74. The summed E-state index contributed by atoms with van der Waals surface area (Å²) in [7, 11) is 3.08. The number of primary amides is 1. The van der Waals surface area contributed by atoms with Gasteiger partial charge >= 0.3 is 0 Å². The molecule has 2 amide bonds. The number of anilines is 1. The molecule has 0 radical (unpaired) electrons. The van der Waals surface area contributed by atoms with Crippen LogP contribution in [0.15, 0.2) is 12.1 Å². The third-order valence-electron chi connectivity index (χ3n) is 10.1. The number of carbonyl (C=O) groups is 6. The zero-order chi connectivity index (χ0) is 31.0. The van der Waals surface area contributed by atoms with Crippen molar-refractivity contribution in [3.8, 4) is 5.75 Å². The van der Waals surface area contributed by atoms with Crippen LogP contribution in [0.4, 0.5) is 5.69 Å². The fraction of sp³-hybridized carbons (Fsp3) is 0.600. The molecule has 4 fully saturated rings. The van der Waals surface area contributed by atoms with Crippen LogP contribution in [0.1, 0.15) is 48.0 Å². The molecular weight excluding hydrogens is 576 g/mol. The number of benzene rings is 1. The highest BCUT2D eigenvalue weighted by Crippen LogP contribution is 2.51. The van der Waals surface area contributed by atoms with E-state index in [1.165, 1.54) is 11.0 Å². The monoisotopic (exact) mass is 612 g/mol. The molecule has 1 saturated heterocycles. The number of phenols is 1. The summed E-state index contributed by atoms with van der Waals surface area (Å²) in [5, 5.41) is 25.6. The molecule has 0 spiro atoms. The summed E-state index contributed by atoms with van der Waals surface area (Å²) in [6.45, 7) is 0. The maximum atomic E-state index is 13.9. The van der Waals surface area contributed by atoms with E-state index in [1.54, 1.807) is 32.1 Å². The minimum absolute atomic E-state index is 0.0149. The van der Waals surface area contributed by atoms with Gasteiger partial charge in [-0.1, -0.05) is 18.0 Å². The number of nitrogens with two attached hydrogens (primary N) is 1. The van der Waals surface area contributed by atoms with E-state index in [9.17, 15) is 39.0 Å². The number of amides is 2. The van der Waals surface area contributed by atoms with Gasteiger partial charge < -0.3 is 21.3 Å². The maximum Gasteiger partial charge on any atom is 0.235 e. The van der Waals surface area contributed by atoms with Crippen molar-refractivity contribution in [3.05, 3.63) is 23.3 Å². The Balaban J connectivity index is 1.28. The van der Waals surface area contributed by atoms with E-state index in [1.807, 2.05) is 0 Å². The Morgan fingerprint density at radius 2 is 1.84 bits per heavy atom. The lowest BCUT2D eigenvalue weighted by atomic mass is 9.52. The minimum Gasteiger partial charge on any atom is -0.505 e. The van der Waals surface area contributed by atoms with E-state index in [4.69, 9.17) is 5.73 Å². The predicted molar refractivity (Wildman–Crippen MR) is 155 cm³/mol. The summed E-state index contributed by atoms with van der Waals surface area (Å²) < 4.78 is 3.45. The molecule has 1 heterocycles. The number of Topliss-reactive ketones (excluding diaryl/α,β-unsaturated/α-hetero) is 4. The fourth-order valence-corrected chi connectivity index (χ4v) is 9.04. The molecule has 0 aromatic heterocycles. The summed E-state index contributed by atoms with van der Waals surface area (Å²) in [6.07, 6.45) is 3.59. The molecule has 4 aliphatic carbocycles. The highest BCUT2D eigenvalue weighted by Gasteiger charge is 2.69. The molecule has 6 unspecified atom stereocenters. The van der Waals surface area contributed by atoms with Gasteiger partial charge in [0.15, 0.2) is 34.7 Å².